The molecule has 2 aromatic heterocycles. The van der Waals surface area contributed by atoms with Gasteiger partial charge in [0.15, 0.2) is 0 Å². The standard InChI is InChI=1S/C18H27N5OS.2ClH/c1-13-14(2)25-18(21-13)5-3-9-20-17(24)7-6-15-11-16-12-19-8-4-10-23(16)22-15;;/h11,19H,3-10,12H2,1-2H3,(H,20,24);2*1H. The molecule has 0 bridgehead atoms. The van der Waals surface area contributed by atoms with Crippen LogP contribution in [0.3, 0.4) is 0 Å². The smallest absolute Gasteiger partial charge is 0.220 e. The van der Waals surface area contributed by atoms with Crippen molar-refractivity contribution in [2.24, 2.45) is 0 Å². The van der Waals surface area contributed by atoms with Crippen molar-refractivity contribution in [3.8, 4) is 0 Å². The summed E-state index contributed by atoms with van der Waals surface area (Å²) in [6.45, 7) is 7.73. The van der Waals surface area contributed by atoms with Crippen LogP contribution in [0, 0.1) is 13.8 Å². The molecular weight excluding hydrogens is 405 g/mol. The van der Waals surface area contributed by atoms with E-state index >= 15 is 0 Å². The van der Waals surface area contributed by atoms with Crippen molar-refractivity contribution in [3.05, 3.63) is 33.0 Å². The molecule has 9 heteroatoms. The van der Waals surface area contributed by atoms with E-state index in [9.17, 15) is 4.79 Å². The van der Waals surface area contributed by atoms with Gasteiger partial charge in [-0.2, -0.15) is 5.10 Å². The summed E-state index contributed by atoms with van der Waals surface area (Å²) in [4.78, 5) is 17.8. The molecule has 6 nitrogen and oxygen atoms in total. The Balaban J connectivity index is 0.00000182. The molecule has 2 N–H and O–H groups in total. The number of fused-ring (bicyclic) bond motifs is 1. The second-order valence-electron chi connectivity index (χ2n) is 6.58. The van der Waals surface area contributed by atoms with E-state index in [1.165, 1.54) is 10.6 Å². The molecule has 0 saturated carbocycles. The number of aromatic nitrogens is 3. The Bertz CT molecular complexity index is 688. The molecule has 27 heavy (non-hydrogen) atoms. The molecule has 1 aliphatic heterocycles. The number of nitrogens with zero attached hydrogens (tertiary/aromatic N) is 3. The largest absolute Gasteiger partial charge is 0.356 e. The van der Waals surface area contributed by atoms with Gasteiger partial charge in [-0.05, 0) is 39.3 Å². The fourth-order valence-electron chi connectivity index (χ4n) is 2.99. The van der Waals surface area contributed by atoms with Crippen molar-refractivity contribution in [1.82, 2.24) is 25.4 Å². The predicted molar refractivity (Wildman–Crippen MR) is 114 cm³/mol. The van der Waals surface area contributed by atoms with Gasteiger partial charge < -0.3 is 10.6 Å². The summed E-state index contributed by atoms with van der Waals surface area (Å²) in [6, 6.07) is 2.12. The molecular formula is C18H29Cl2N5OS. The van der Waals surface area contributed by atoms with E-state index in [0.29, 0.717) is 19.4 Å². The van der Waals surface area contributed by atoms with Gasteiger partial charge in [-0.3, -0.25) is 9.48 Å². The number of carbonyl (C=O) groups is 1. The number of amides is 1. The van der Waals surface area contributed by atoms with Crippen LogP contribution in [-0.4, -0.2) is 33.8 Å². The van der Waals surface area contributed by atoms with Gasteiger partial charge in [-0.15, -0.1) is 36.2 Å². The Kier molecular flexibility index (Phi) is 10.3. The highest BCUT2D eigenvalue weighted by Gasteiger charge is 2.12. The number of hydrogen-bond acceptors (Lipinski definition) is 5. The Hall–Kier alpha value is -1.15. The van der Waals surface area contributed by atoms with Crippen LogP contribution < -0.4 is 10.6 Å². The first-order valence-electron chi connectivity index (χ1n) is 9.08. The quantitative estimate of drug-likeness (QED) is 0.658. The van der Waals surface area contributed by atoms with Crippen molar-refractivity contribution in [2.75, 3.05) is 13.1 Å². The first-order chi connectivity index (χ1) is 12.1. The Morgan fingerprint density at radius 3 is 2.89 bits per heavy atom. The minimum absolute atomic E-state index is 0. The maximum Gasteiger partial charge on any atom is 0.220 e. The highest BCUT2D eigenvalue weighted by Crippen LogP contribution is 2.17. The lowest BCUT2D eigenvalue weighted by Crippen LogP contribution is -2.25. The number of rotatable bonds is 7. The fourth-order valence-corrected chi connectivity index (χ4v) is 3.96. The Morgan fingerprint density at radius 2 is 2.15 bits per heavy atom. The zero-order chi connectivity index (χ0) is 17.6. The molecule has 0 aliphatic carbocycles. The van der Waals surface area contributed by atoms with Crippen LogP contribution in [0.15, 0.2) is 6.07 Å². The summed E-state index contributed by atoms with van der Waals surface area (Å²) in [5.74, 6) is 0.104. The molecule has 0 spiro atoms. The lowest BCUT2D eigenvalue weighted by Gasteiger charge is -2.03. The normalized spacial score (nSPS) is 13.1. The fraction of sp³-hybridized carbons (Fsp3) is 0.611. The van der Waals surface area contributed by atoms with Gasteiger partial charge in [-0.1, -0.05) is 0 Å². The zero-order valence-corrected chi connectivity index (χ0v) is 18.4. The summed E-state index contributed by atoms with van der Waals surface area (Å²) in [6.07, 6.45) is 4.17. The second kappa shape index (κ2) is 11.6. The third-order valence-corrected chi connectivity index (χ3v) is 5.65. The molecule has 0 aromatic carbocycles. The van der Waals surface area contributed by atoms with Gasteiger partial charge >= 0.3 is 0 Å². The highest BCUT2D eigenvalue weighted by atomic mass is 35.5. The number of carbonyl (C=O) groups excluding carboxylic acids is 1. The molecule has 0 radical (unpaired) electrons. The topological polar surface area (TPSA) is 71.8 Å². The first-order valence-corrected chi connectivity index (χ1v) is 9.89. The predicted octanol–water partition coefficient (Wildman–Crippen LogP) is 2.97. The highest BCUT2D eigenvalue weighted by molar-refractivity contribution is 7.11. The summed E-state index contributed by atoms with van der Waals surface area (Å²) in [7, 11) is 0. The number of thiazole rings is 1. The summed E-state index contributed by atoms with van der Waals surface area (Å²) >= 11 is 1.76. The second-order valence-corrected chi connectivity index (χ2v) is 7.87. The van der Waals surface area contributed by atoms with Gasteiger partial charge in [0.25, 0.3) is 0 Å². The SMILES string of the molecule is Cc1nc(CCCNC(=O)CCc2cc3n(n2)CCCNC3)sc1C.Cl.Cl. The number of nitrogens with one attached hydrogen (secondary N) is 2. The van der Waals surface area contributed by atoms with Crippen LogP contribution in [0.25, 0.3) is 0 Å². The zero-order valence-electron chi connectivity index (χ0n) is 15.9. The van der Waals surface area contributed by atoms with Gasteiger partial charge in [-0.25, -0.2) is 4.98 Å². The molecule has 3 rings (SSSR count). The van der Waals surface area contributed by atoms with Crippen molar-refractivity contribution in [2.45, 2.75) is 59.0 Å². The van der Waals surface area contributed by atoms with Crippen LogP contribution in [0.1, 0.15) is 46.2 Å². The first kappa shape index (κ1) is 23.9. The van der Waals surface area contributed by atoms with Crippen LogP contribution >= 0.6 is 36.2 Å². The lowest BCUT2D eigenvalue weighted by molar-refractivity contribution is -0.121. The van der Waals surface area contributed by atoms with E-state index in [0.717, 1.165) is 55.3 Å². The van der Waals surface area contributed by atoms with Crippen molar-refractivity contribution in [1.29, 1.82) is 0 Å². The molecule has 1 aliphatic rings. The molecule has 2 aromatic rings. The summed E-state index contributed by atoms with van der Waals surface area (Å²) in [5.41, 5.74) is 3.36. The average Bonchev–Trinajstić information content (AvgIpc) is 3.05. The number of aryl methyl sites for hydroxylation is 5. The Morgan fingerprint density at radius 1 is 1.33 bits per heavy atom. The molecule has 0 unspecified atom stereocenters. The summed E-state index contributed by atoms with van der Waals surface area (Å²) < 4.78 is 2.07. The van der Waals surface area contributed by atoms with E-state index < -0.39 is 0 Å². The average molecular weight is 434 g/mol. The van der Waals surface area contributed by atoms with Crippen LogP contribution in [0.5, 0.6) is 0 Å². The third-order valence-electron chi connectivity index (χ3n) is 4.51. The van der Waals surface area contributed by atoms with Crippen molar-refractivity contribution < 1.29 is 4.79 Å². The van der Waals surface area contributed by atoms with Gasteiger partial charge in [0.1, 0.15) is 0 Å². The minimum Gasteiger partial charge on any atom is -0.356 e. The molecule has 1 amide bonds. The number of hydrogen-bond donors (Lipinski definition) is 2. The molecule has 0 fully saturated rings. The van der Waals surface area contributed by atoms with E-state index in [4.69, 9.17) is 0 Å². The maximum atomic E-state index is 12.0. The monoisotopic (exact) mass is 433 g/mol. The van der Waals surface area contributed by atoms with Crippen LogP contribution in [0.4, 0.5) is 0 Å². The van der Waals surface area contributed by atoms with E-state index in [1.54, 1.807) is 11.3 Å². The van der Waals surface area contributed by atoms with E-state index in [-0.39, 0.29) is 30.7 Å². The van der Waals surface area contributed by atoms with Gasteiger partial charge in [0.05, 0.1) is 22.1 Å². The minimum atomic E-state index is 0. The van der Waals surface area contributed by atoms with Gasteiger partial charge in [0, 0.05) is 43.8 Å². The van der Waals surface area contributed by atoms with Crippen molar-refractivity contribution in [3.63, 3.8) is 0 Å². The molecule has 0 saturated heterocycles. The maximum absolute atomic E-state index is 12.0. The lowest BCUT2D eigenvalue weighted by atomic mass is 10.2. The van der Waals surface area contributed by atoms with Gasteiger partial charge in [0.2, 0.25) is 5.91 Å². The molecule has 152 valence electrons. The van der Waals surface area contributed by atoms with Crippen LogP contribution in [-0.2, 0) is 30.7 Å². The third kappa shape index (κ3) is 7.07. The van der Waals surface area contributed by atoms with Crippen molar-refractivity contribution >= 4 is 42.1 Å². The Labute approximate surface area is 177 Å². The number of halogens is 2. The molecule has 0 atom stereocenters. The molecule has 3 heterocycles. The van der Waals surface area contributed by atoms with E-state index in [2.05, 4.69) is 38.4 Å². The van der Waals surface area contributed by atoms with E-state index in [1.807, 2.05) is 6.92 Å². The van der Waals surface area contributed by atoms with Crippen LogP contribution in [0.2, 0.25) is 0 Å². The summed E-state index contributed by atoms with van der Waals surface area (Å²) in [5, 5.41) is 12.2.